The Bertz CT molecular complexity index is 815. The number of ether oxygens (including phenoxy) is 1. The molecular formula is C18H23N5O4S. The Hall–Kier alpha value is -2.56. The minimum Gasteiger partial charge on any atom is -0.384 e. The lowest BCUT2D eigenvalue weighted by molar-refractivity contribution is -0.133. The topological polar surface area (TPSA) is 131 Å². The highest BCUT2D eigenvalue weighted by molar-refractivity contribution is 7.13. The first-order chi connectivity index (χ1) is 13.5. The molecule has 3 heterocycles. The monoisotopic (exact) mass is 405 g/mol. The third-order valence-electron chi connectivity index (χ3n) is 4.35. The van der Waals surface area contributed by atoms with Gasteiger partial charge in [0.1, 0.15) is 11.3 Å². The van der Waals surface area contributed by atoms with Crippen molar-refractivity contribution in [3.8, 4) is 0 Å². The van der Waals surface area contributed by atoms with Crippen molar-refractivity contribution in [1.29, 1.82) is 0 Å². The van der Waals surface area contributed by atoms with Crippen LogP contribution in [0.3, 0.4) is 0 Å². The summed E-state index contributed by atoms with van der Waals surface area (Å²) in [4.78, 5) is 34.4. The van der Waals surface area contributed by atoms with Gasteiger partial charge in [-0.15, -0.1) is 11.3 Å². The number of aliphatic hydroxyl groups is 1. The maximum Gasteiger partial charge on any atom is 0.269 e. The zero-order chi connectivity index (χ0) is 20.0. The van der Waals surface area contributed by atoms with Crippen molar-refractivity contribution in [2.24, 2.45) is 0 Å². The molecule has 2 aromatic rings. The number of carbonyl (C=O) groups is 2. The molecule has 1 fully saturated rings. The average Bonchev–Trinajstić information content (AvgIpc) is 3.02. The van der Waals surface area contributed by atoms with Gasteiger partial charge in [-0.25, -0.2) is 4.98 Å². The number of pyridine rings is 1. The first kappa shape index (κ1) is 20.2. The molecule has 1 aliphatic heterocycles. The van der Waals surface area contributed by atoms with E-state index in [0.717, 1.165) is 5.69 Å². The standard InChI is InChI=1S/C18H23N5O4S/c19-17-22-13(9-28-17)4-5-15(24)23-7-8-27-12-18(26,11-23)10-21-16(25)14-3-1-2-6-20-14/h1-3,6,9,26H,4-5,7-8,10-12H2,(H2,19,22)(H,21,25)/t18-/m1/s1. The van der Waals surface area contributed by atoms with Crippen LogP contribution in [0, 0.1) is 0 Å². The molecule has 2 amide bonds. The van der Waals surface area contributed by atoms with Gasteiger partial charge in [0.2, 0.25) is 5.91 Å². The molecule has 0 spiro atoms. The van der Waals surface area contributed by atoms with Gasteiger partial charge in [-0.1, -0.05) is 6.07 Å². The average molecular weight is 405 g/mol. The second-order valence-electron chi connectivity index (χ2n) is 6.67. The van der Waals surface area contributed by atoms with Crippen LogP contribution in [0.4, 0.5) is 5.13 Å². The number of carbonyl (C=O) groups excluding carboxylic acids is 2. The van der Waals surface area contributed by atoms with E-state index in [1.807, 2.05) is 5.38 Å². The van der Waals surface area contributed by atoms with E-state index >= 15 is 0 Å². The second kappa shape index (κ2) is 9.09. The Morgan fingerprint density at radius 2 is 2.29 bits per heavy atom. The van der Waals surface area contributed by atoms with Gasteiger partial charge in [-0.2, -0.15) is 0 Å². The van der Waals surface area contributed by atoms with E-state index in [9.17, 15) is 14.7 Å². The molecule has 0 saturated carbocycles. The number of aromatic nitrogens is 2. The van der Waals surface area contributed by atoms with E-state index in [1.165, 1.54) is 17.5 Å². The minimum absolute atomic E-state index is 0.0297. The molecule has 10 heteroatoms. The van der Waals surface area contributed by atoms with Gasteiger partial charge in [0.15, 0.2) is 5.13 Å². The van der Waals surface area contributed by atoms with Crippen LogP contribution in [0.5, 0.6) is 0 Å². The number of hydrogen-bond acceptors (Lipinski definition) is 8. The molecule has 28 heavy (non-hydrogen) atoms. The number of thiazole rings is 1. The first-order valence-electron chi connectivity index (χ1n) is 8.92. The van der Waals surface area contributed by atoms with Crippen LogP contribution in [0.1, 0.15) is 22.6 Å². The quantitative estimate of drug-likeness (QED) is 0.620. The van der Waals surface area contributed by atoms with Gasteiger partial charge in [0.05, 0.1) is 32.0 Å². The third-order valence-corrected chi connectivity index (χ3v) is 5.08. The molecule has 1 atom stereocenters. The highest BCUT2D eigenvalue weighted by Crippen LogP contribution is 2.16. The zero-order valence-corrected chi connectivity index (χ0v) is 16.2. The smallest absolute Gasteiger partial charge is 0.269 e. The number of nitrogens with zero attached hydrogens (tertiary/aromatic N) is 3. The van der Waals surface area contributed by atoms with Crippen molar-refractivity contribution in [1.82, 2.24) is 20.2 Å². The van der Waals surface area contributed by atoms with E-state index in [2.05, 4.69) is 15.3 Å². The molecule has 1 aliphatic rings. The third kappa shape index (κ3) is 5.47. The van der Waals surface area contributed by atoms with E-state index in [-0.39, 0.29) is 37.7 Å². The van der Waals surface area contributed by atoms with Gasteiger partial charge in [0, 0.05) is 24.5 Å². The predicted molar refractivity (Wildman–Crippen MR) is 104 cm³/mol. The van der Waals surface area contributed by atoms with E-state index < -0.39 is 11.5 Å². The van der Waals surface area contributed by atoms with E-state index in [4.69, 9.17) is 10.5 Å². The highest BCUT2D eigenvalue weighted by Gasteiger charge is 2.34. The maximum absolute atomic E-state index is 12.6. The fourth-order valence-corrected chi connectivity index (χ4v) is 3.50. The lowest BCUT2D eigenvalue weighted by atomic mass is 10.0. The Kier molecular flexibility index (Phi) is 6.55. The molecule has 0 aromatic carbocycles. The molecule has 0 bridgehead atoms. The molecule has 150 valence electrons. The van der Waals surface area contributed by atoms with Crippen molar-refractivity contribution in [3.05, 3.63) is 41.2 Å². The number of nitrogens with two attached hydrogens (primary N) is 1. The summed E-state index contributed by atoms with van der Waals surface area (Å²) in [6, 6.07) is 5.01. The van der Waals surface area contributed by atoms with Crippen LogP contribution in [0.25, 0.3) is 0 Å². The molecule has 0 radical (unpaired) electrons. The molecule has 1 saturated heterocycles. The first-order valence-corrected chi connectivity index (χ1v) is 9.80. The lowest BCUT2D eigenvalue weighted by Crippen LogP contribution is -2.53. The number of amides is 2. The summed E-state index contributed by atoms with van der Waals surface area (Å²) in [5, 5.41) is 15.8. The SMILES string of the molecule is Nc1nc(CCC(=O)N2CCOC[C@@](O)(CNC(=O)c3ccccn3)C2)cs1. The Morgan fingerprint density at radius 3 is 3.00 bits per heavy atom. The maximum atomic E-state index is 12.6. The van der Waals surface area contributed by atoms with E-state index in [1.54, 1.807) is 23.1 Å². The van der Waals surface area contributed by atoms with Gasteiger partial charge >= 0.3 is 0 Å². The van der Waals surface area contributed by atoms with Crippen molar-refractivity contribution in [3.63, 3.8) is 0 Å². The summed E-state index contributed by atoms with van der Waals surface area (Å²) in [5.41, 5.74) is 5.27. The Balaban J connectivity index is 1.55. The van der Waals surface area contributed by atoms with Crippen molar-refractivity contribution in [2.45, 2.75) is 18.4 Å². The largest absolute Gasteiger partial charge is 0.384 e. The zero-order valence-electron chi connectivity index (χ0n) is 15.3. The van der Waals surface area contributed by atoms with Crippen LogP contribution < -0.4 is 11.1 Å². The summed E-state index contributed by atoms with van der Waals surface area (Å²) in [6.45, 7) is 0.769. The summed E-state index contributed by atoms with van der Waals surface area (Å²) in [7, 11) is 0. The van der Waals surface area contributed by atoms with Crippen LogP contribution in [-0.2, 0) is 16.0 Å². The fourth-order valence-electron chi connectivity index (χ4n) is 2.90. The molecule has 9 nitrogen and oxygen atoms in total. The lowest BCUT2D eigenvalue weighted by Gasteiger charge is -2.31. The summed E-state index contributed by atoms with van der Waals surface area (Å²) < 4.78 is 5.46. The van der Waals surface area contributed by atoms with Crippen LogP contribution >= 0.6 is 11.3 Å². The van der Waals surface area contributed by atoms with Gasteiger partial charge in [-0.05, 0) is 18.6 Å². The molecule has 0 aliphatic carbocycles. The van der Waals surface area contributed by atoms with Crippen LogP contribution in [0.2, 0.25) is 0 Å². The number of nitrogen functional groups attached to an aromatic ring is 1. The Labute approximate surface area is 166 Å². The van der Waals surface area contributed by atoms with Gasteiger partial charge < -0.3 is 25.8 Å². The predicted octanol–water partition coefficient (Wildman–Crippen LogP) is 0.0728. The van der Waals surface area contributed by atoms with Crippen LogP contribution in [-0.4, -0.2) is 70.2 Å². The Morgan fingerprint density at radius 1 is 1.43 bits per heavy atom. The normalized spacial score (nSPS) is 19.8. The van der Waals surface area contributed by atoms with E-state index in [0.29, 0.717) is 24.7 Å². The molecular weight excluding hydrogens is 382 g/mol. The van der Waals surface area contributed by atoms with Crippen molar-refractivity contribution < 1.29 is 19.4 Å². The van der Waals surface area contributed by atoms with Gasteiger partial charge in [-0.3, -0.25) is 14.6 Å². The number of aryl methyl sites for hydroxylation is 1. The number of rotatable bonds is 6. The van der Waals surface area contributed by atoms with Crippen LogP contribution in [0.15, 0.2) is 29.8 Å². The molecule has 0 unspecified atom stereocenters. The molecule has 2 aromatic heterocycles. The summed E-state index contributed by atoms with van der Waals surface area (Å²) in [6.07, 6.45) is 2.27. The van der Waals surface area contributed by atoms with Gasteiger partial charge in [0.25, 0.3) is 5.91 Å². The number of hydrogen-bond donors (Lipinski definition) is 3. The number of β-amino-alcohol motifs (C(OH)–C–C–N with tert-alkyl or cyclic N) is 1. The molecule has 4 N–H and O–H groups in total. The number of anilines is 1. The van der Waals surface area contributed by atoms with Crippen molar-refractivity contribution >= 4 is 28.3 Å². The fraction of sp³-hybridized carbons (Fsp3) is 0.444. The second-order valence-corrected chi connectivity index (χ2v) is 7.56. The summed E-state index contributed by atoms with van der Waals surface area (Å²) >= 11 is 1.34. The highest BCUT2D eigenvalue weighted by atomic mass is 32.1. The van der Waals surface area contributed by atoms with Crippen molar-refractivity contribution in [2.75, 3.05) is 38.6 Å². The molecule has 3 rings (SSSR count). The summed E-state index contributed by atoms with van der Waals surface area (Å²) in [5.74, 6) is -0.496. The minimum atomic E-state index is -1.37. The number of nitrogens with one attached hydrogen (secondary N) is 1.